The third-order valence-electron chi connectivity index (χ3n) is 4.01. The van der Waals surface area contributed by atoms with Gasteiger partial charge in [0.1, 0.15) is 23.5 Å². The van der Waals surface area contributed by atoms with Gasteiger partial charge >= 0.3 is 0 Å². The molecule has 4 nitrogen and oxygen atoms in total. The molecule has 0 fully saturated rings. The number of nitrogens with zero attached hydrogens (tertiary/aromatic N) is 2. The quantitative estimate of drug-likeness (QED) is 0.538. The summed E-state index contributed by atoms with van der Waals surface area (Å²) in [5.41, 5.74) is 3.01. The number of benzene rings is 2. The van der Waals surface area contributed by atoms with Crippen molar-refractivity contribution in [2.45, 2.75) is 0 Å². The molecule has 2 aromatic carbocycles. The van der Waals surface area contributed by atoms with Gasteiger partial charge in [0.15, 0.2) is 5.58 Å². The molecular formula is C19H17ClN2O2. The van der Waals surface area contributed by atoms with E-state index in [0.717, 1.165) is 39.7 Å². The Labute approximate surface area is 144 Å². The van der Waals surface area contributed by atoms with Crippen molar-refractivity contribution in [3.05, 3.63) is 47.5 Å². The molecule has 4 aromatic rings. The number of rotatable bonds is 4. The number of ether oxygens (including phenoxy) is 1. The second kappa shape index (κ2) is 5.96. The van der Waals surface area contributed by atoms with Crippen LogP contribution in [0, 0.1) is 0 Å². The van der Waals surface area contributed by atoms with Crippen LogP contribution in [0.2, 0.25) is 5.02 Å². The molecule has 0 radical (unpaired) electrons. The van der Waals surface area contributed by atoms with E-state index in [1.165, 1.54) is 0 Å². The molecule has 0 spiro atoms. The van der Waals surface area contributed by atoms with Crippen molar-refractivity contribution in [1.82, 2.24) is 9.88 Å². The third kappa shape index (κ3) is 2.58. The van der Waals surface area contributed by atoms with Gasteiger partial charge in [-0.3, -0.25) is 0 Å². The van der Waals surface area contributed by atoms with E-state index in [2.05, 4.69) is 4.90 Å². The highest BCUT2D eigenvalue weighted by molar-refractivity contribution is 6.40. The molecule has 0 bridgehead atoms. The van der Waals surface area contributed by atoms with Gasteiger partial charge in [-0.2, -0.15) is 0 Å². The van der Waals surface area contributed by atoms with Crippen LogP contribution in [0.1, 0.15) is 0 Å². The van der Waals surface area contributed by atoms with Gasteiger partial charge in [-0.25, -0.2) is 4.98 Å². The van der Waals surface area contributed by atoms with Crippen LogP contribution in [0.4, 0.5) is 0 Å². The Hall–Kier alpha value is -2.30. The van der Waals surface area contributed by atoms with Crippen LogP contribution < -0.4 is 4.74 Å². The highest BCUT2D eigenvalue weighted by atomic mass is 35.5. The molecule has 122 valence electrons. The Morgan fingerprint density at radius 2 is 1.96 bits per heavy atom. The molecule has 2 heterocycles. The molecule has 0 amide bonds. The first-order valence-corrected chi connectivity index (χ1v) is 8.19. The molecule has 24 heavy (non-hydrogen) atoms. The summed E-state index contributed by atoms with van der Waals surface area (Å²) < 4.78 is 11.7. The summed E-state index contributed by atoms with van der Waals surface area (Å²) in [5.74, 6) is 0.804. The van der Waals surface area contributed by atoms with E-state index in [4.69, 9.17) is 25.7 Å². The Morgan fingerprint density at radius 3 is 2.79 bits per heavy atom. The summed E-state index contributed by atoms with van der Waals surface area (Å²) in [7, 11) is 4.04. The topological polar surface area (TPSA) is 38.5 Å². The van der Waals surface area contributed by atoms with Crippen LogP contribution in [-0.4, -0.2) is 37.1 Å². The molecule has 0 saturated carbocycles. The fourth-order valence-corrected chi connectivity index (χ4v) is 3.05. The van der Waals surface area contributed by atoms with Crippen LogP contribution in [-0.2, 0) is 0 Å². The summed E-state index contributed by atoms with van der Waals surface area (Å²) >= 11 is 6.53. The van der Waals surface area contributed by atoms with Crippen LogP contribution in [0.25, 0.3) is 33.0 Å². The van der Waals surface area contributed by atoms with Crippen LogP contribution in [0.3, 0.4) is 0 Å². The minimum Gasteiger partial charge on any atom is -0.492 e. The lowest BCUT2D eigenvalue weighted by molar-refractivity contribution is 0.261. The summed E-state index contributed by atoms with van der Waals surface area (Å²) in [6.07, 6.45) is 0. The van der Waals surface area contributed by atoms with Crippen molar-refractivity contribution >= 4 is 44.6 Å². The lowest BCUT2D eigenvalue weighted by Gasteiger charge is -2.10. The molecule has 0 saturated heterocycles. The number of fused-ring (bicyclic) bond motifs is 4. The Kier molecular flexibility index (Phi) is 3.79. The zero-order chi connectivity index (χ0) is 16.7. The average molecular weight is 341 g/mol. The lowest BCUT2D eigenvalue weighted by Crippen LogP contribution is -2.19. The molecule has 0 unspecified atom stereocenters. The third-order valence-corrected chi connectivity index (χ3v) is 4.39. The lowest BCUT2D eigenvalue weighted by atomic mass is 10.1. The SMILES string of the molecule is CN(C)CCOc1ccc2oc3c(Cl)c4ccccc4nc3c2c1. The summed E-state index contributed by atoms with van der Waals surface area (Å²) in [6.45, 7) is 1.49. The maximum atomic E-state index is 6.53. The highest BCUT2D eigenvalue weighted by Crippen LogP contribution is 2.37. The van der Waals surface area contributed by atoms with Crippen LogP contribution >= 0.6 is 11.6 Å². The molecule has 0 N–H and O–H groups in total. The number of likely N-dealkylation sites (N-methyl/N-ethyl adjacent to an activating group) is 1. The van der Waals surface area contributed by atoms with Gasteiger partial charge in [0.25, 0.3) is 0 Å². The second-order valence-electron chi connectivity index (χ2n) is 6.03. The summed E-state index contributed by atoms with van der Waals surface area (Å²) in [6, 6.07) is 13.6. The maximum absolute atomic E-state index is 6.53. The van der Waals surface area contributed by atoms with Gasteiger partial charge in [-0.1, -0.05) is 29.8 Å². The minimum absolute atomic E-state index is 0.599. The average Bonchev–Trinajstić information content (AvgIpc) is 2.93. The molecule has 0 aliphatic rings. The molecule has 5 heteroatoms. The zero-order valence-corrected chi connectivity index (χ0v) is 14.3. The van der Waals surface area contributed by atoms with E-state index in [-0.39, 0.29) is 0 Å². The number of aromatic nitrogens is 1. The number of pyridine rings is 1. The Bertz CT molecular complexity index is 1040. The number of hydrogen-bond donors (Lipinski definition) is 0. The molecule has 4 rings (SSSR count). The van der Waals surface area contributed by atoms with Gasteiger partial charge in [0, 0.05) is 11.9 Å². The van der Waals surface area contributed by atoms with Crippen molar-refractivity contribution < 1.29 is 9.15 Å². The van der Waals surface area contributed by atoms with E-state index in [1.54, 1.807) is 0 Å². The molecular weight excluding hydrogens is 324 g/mol. The maximum Gasteiger partial charge on any atom is 0.173 e. The Morgan fingerprint density at radius 1 is 1.12 bits per heavy atom. The van der Waals surface area contributed by atoms with Gasteiger partial charge in [-0.15, -0.1) is 0 Å². The predicted octanol–water partition coefficient (Wildman–Crippen LogP) is 4.73. The van der Waals surface area contributed by atoms with Gasteiger partial charge in [0.05, 0.1) is 15.9 Å². The molecule has 0 aliphatic carbocycles. The first-order valence-electron chi connectivity index (χ1n) is 7.81. The van der Waals surface area contributed by atoms with E-state index < -0.39 is 0 Å². The van der Waals surface area contributed by atoms with E-state index in [1.807, 2.05) is 56.6 Å². The number of halogens is 1. The second-order valence-corrected chi connectivity index (χ2v) is 6.41. The standard InChI is InChI=1S/C19H17ClN2O2/c1-22(2)9-10-23-12-7-8-16-14(11-12)18-19(24-16)17(20)13-5-3-4-6-15(13)21-18/h3-8,11H,9-10H2,1-2H3. The summed E-state index contributed by atoms with van der Waals surface area (Å²) in [4.78, 5) is 6.82. The van der Waals surface area contributed by atoms with Crippen LogP contribution in [0.5, 0.6) is 5.75 Å². The Balaban J connectivity index is 1.85. The largest absolute Gasteiger partial charge is 0.492 e. The van der Waals surface area contributed by atoms with E-state index in [9.17, 15) is 0 Å². The number of hydrogen-bond acceptors (Lipinski definition) is 4. The van der Waals surface area contributed by atoms with Crippen LogP contribution in [0.15, 0.2) is 46.9 Å². The van der Waals surface area contributed by atoms with E-state index in [0.29, 0.717) is 17.2 Å². The highest BCUT2D eigenvalue weighted by Gasteiger charge is 2.15. The van der Waals surface area contributed by atoms with Crippen molar-refractivity contribution in [1.29, 1.82) is 0 Å². The number of para-hydroxylation sites is 1. The normalized spacial score (nSPS) is 11.8. The summed E-state index contributed by atoms with van der Waals surface area (Å²) in [5, 5.41) is 2.41. The molecule has 2 aromatic heterocycles. The van der Waals surface area contributed by atoms with Crippen molar-refractivity contribution in [2.75, 3.05) is 27.2 Å². The first-order chi connectivity index (χ1) is 11.6. The number of furan rings is 1. The zero-order valence-electron chi connectivity index (χ0n) is 13.5. The molecule has 0 aliphatic heterocycles. The van der Waals surface area contributed by atoms with Crippen molar-refractivity contribution in [3.8, 4) is 5.75 Å². The predicted molar refractivity (Wildman–Crippen MR) is 98.1 cm³/mol. The van der Waals surface area contributed by atoms with Gasteiger partial charge in [0.2, 0.25) is 0 Å². The fourth-order valence-electron chi connectivity index (χ4n) is 2.76. The smallest absolute Gasteiger partial charge is 0.173 e. The molecule has 0 atom stereocenters. The first kappa shape index (κ1) is 15.2. The minimum atomic E-state index is 0.599. The van der Waals surface area contributed by atoms with Gasteiger partial charge in [-0.05, 0) is 38.4 Å². The van der Waals surface area contributed by atoms with Gasteiger partial charge < -0.3 is 14.1 Å². The monoisotopic (exact) mass is 340 g/mol. The van der Waals surface area contributed by atoms with Crippen molar-refractivity contribution in [3.63, 3.8) is 0 Å². The van der Waals surface area contributed by atoms with E-state index >= 15 is 0 Å². The van der Waals surface area contributed by atoms with Crippen molar-refractivity contribution in [2.24, 2.45) is 0 Å². The fraction of sp³-hybridized carbons (Fsp3) is 0.211.